The third-order valence-corrected chi connectivity index (χ3v) is 5.93. The molecule has 1 unspecified atom stereocenters. The van der Waals surface area contributed by atoms with Gasteiger partial charge in [0.1, 0.15) is 0 Å². The van der Waals surface area contributed by atoms with Crippen molar-refractivity contribution in [3.05, 3.63) is 57.3 Å². The number of nitrogens with two attached hydrogens (primary N) is 1. The first-order chi connectivity index (χ1) is 14.3. The largest absolute Gasteiger partial charge is 0.469 e. The van der Waals surface area contributed by atoms with Crippen LogP contribution in [0, 0.1) is 11.8 Å². The topological polar surface area (TPSA) is 92.8 Å². The van der Waals surface area contributed by atoms with E-state index in [-0.39, 0.29) is 6.61 Å². The van der Waals surface area contributed by atoms with Gasteiger partial charge < -0.3 is 15.5 Å². The van der Waals surface area contributed by atoms with Crippen molar-refractivity contribution in [2.75, 3.05) is 6.61 Å². The van der Waals surface area contributed by atoms with Gasteiger partial charge in [-0.05, 0) is 56.4 Å². The maximum Gasteiger partial charge on any atom is 0.469 e. The average molecular weight is 475 g/mol. The number of alkyl halides is 3. The molecule has 1 atom stereocenters. The van der Waals surface area contributed by atoms with E-state index in [2.05, 4.69) is 16.4 Å². The summed E-state index contributed by atoms with van der Waals surface area (Å²) < 4.78 is 53.5. The quantitative estimate of drug-likeness (QED) is 0.273. The molecule has 0 aliphatic carbocycles. The molecule has 4 N–H and O–H groups in total. The van der Waals surface area contributed by atoms with Gasteiger partial charge in [0.2, 0.25) is 0 Å². The SMILES string of the molecule is CC(N)(CCc1ccc(C#CCCCc2cccc(C(F)(F)F)c2)s1)COP(=O)(O)O. The highest BCUT2D eigenvalue weighted by molar-refractivity contribution is 7.46. The normalized spacial score (nSPS) is 14.0. The maximum absolute atomic E-state index is 12.7. The highest BCUT2D eigenvalue weighted by Gasteiger charge is 2.30. The molecular formula is C21H25F3NO4PS. The average Bonchev–Trinajstić information content (AvgIpc) is 3.12. The number of halogens is 3. The summed E-state index contributed by atoms with van der Waals surface area (Å²) in [5.74, 6) is 6.11. The highest BCUT2D eigenvalue weighted by Crippen LogP contribution is 2.37. The lowest BCUT2D eigenvalue weighted by molar-refractivity contribution is -0.137. The summed E-state index contributed by atoms with van der Waals surface area (Å²) in [6, 6.07) is 9.16. The minimum Gasteiger partial charge on any atom is -0.323 e. The molecule has 170 valence electrons. The standard InChI is InChI=1S/C21H25F3NO4PS/c1-20(25,15-29-30(26,27)28)13-12-19-11-10-18(31-19)9-4-2-3-6-16-7-5-8-17(14-16)21(22,23)24/h5,7-8,10-11,14H,2-3,6,12-13,15,25H2,1H3,(H2,26,27,28). The van der Waals surface area contributed by atoms with Gasteiger partial charge in [-0.15, -0.1) is 11.3 Å². The minimum atomic E-state index is -4.55. The van der Waals surface area contributed by atoms with Crippen molar-refractivity contribution in [3.8, 4) is 11.8 Å². The lowest BCUT2D eigenvalue weighted by Crippen LogP contribution is -2.41. The van der Waals surface area contributed by atoms with Crippen LogP contribution in [-0.4, -0.2) is 21.9 Å². The Labute approximate surface area is 183 Å². The van der Waals surface area contributed by atoms with Gasteiger partial charge in [0.25, 0.3) is 0 Å². The van der Waals surface area contributed by atoms with Crippen LogP contribution in [0.3, 0.4) is 0 Å². The Balaban J connectivity index is 1.78. The Hall–Kier alpha value is -1.66. The molecule has 0 fully saturated rings. The molecular weight excluding hydrogens is 450 g/mol. The molecule has 0 bridgehead atoms. The smallest absolute Gasteiger partial charge is 0.323 e. The number of unbranched alkanes of at least 4 members (excludes halogenated alkanes) is 1. The fourth-order valence-electron chi connectivity index (χ4n) is 2.73. The van der Waals surface area contributed by atoms with Crippen molar-refractivity contribution in [2.45, 2.75) is 50.7 Å². The van der Waals surface area contributed by atoms with E-state index in [1.807, 2.05) is 12.1 Å². The van der Waals surface area contributed by atoms with Crippen molar-refractivity contribution in [1.82, 2.24) is 0 Å². The molecule has 2 rings (SSSR count). The monoisotopic (exact) mass is 475 g/mol. The zero-order valence-corrected chi connectivity index (χ0v) is 18.7. The Morgan fingerprint density at radius 1 is 1.19 bits per heavy atom. The van der Waals surface area contributed by atoms with Crippen molar-refractivity contribution >= 4 is 19.2 Å². The molecule has 0 saturated heterocycles. The molecule has 0 spiro atoms. The molecule has 0 saturated carbocycles. The number of rotatable bonds is 9. The molecule has 5 nitrogen and oxygen atoms in total. The molecule has 0 radical (unpaired) electrons. The second-order valence-corrected chi connectivity index (χ2v) is 9.95. The molecule has 1 aromatic heterocycles. The van der Waals surface area contributed by atoms with Crippen molar-refractivity contribution in [2.24, 2.45) is 5.73 Å². The maximum atomic E-state index is 12.7. The van der Waals surface area contributed by atoms with Gasteiger partial charge in [-0.2, -0.15) is 13.2 Å². The van der Waals surface area contributed by atoms with E-state index in [9.17, 15) is 17.7 Å². The minimum absolute atomic E-state index is 0.249. The first-order valence-corrected chi connectivity index (χ1v) is 11.9. The number of hydrogen-bond acceptors (Lipinski definition) is 4. The van der Waals surface area contributed by atoms with Gasteiger partial charge in [0.05, 0.1) is 17.0 Å². The summed E-state index contributed by atoms with van der Waals surface area (Å²) in [7, 11) is -4.55. The van der Waals surface area contributed by atoms with Crippen LogP contribution in [0.2, 0.25) is 0 Å². The zero-order valence-electron chi connectivity index (χ0n) is 17.0. The van der Waals surface area contributed by atoms with Gasteiger partial charge in [-0.25, -0.2) is 4.57 Å². The Kier molecular flexibility index (Phi) is 8.90. The number of thiophene rings is 1. The summed E-state index contributed by atoms with van der Waals surface area (Å²) in [5.41, 5.74) is 5.15. The summed E-state index contributed by atoms with van der Waals surface area (Å²) >= 11 is 1.51. The predicted octanol–water partition coefficient (Wildman–Crippen LogP) is 4.90. The summed E-state index contributed by atoms with van der Waals surface area (Å²) in [4.78, 5) is 19.5. The zero-order chi connectivity index (χ0) is 23.1. The molecule has 1 heterocycles. The highest BCUT2D eigenvalue weighted by atomic mass is 32.1. The third-order valence-electron chi connectivity index (χ3n) is 4.40. The van der Waals surface area contributed by atoms with E-state index in [4.69, 9.17) is 15.5 Å². The lowest BCUT2D eigenvalue weighted by Gasteiger charge is -2.24. The number of phosphoric acid groups is 1. The molecule has 0 aliphatic heterocycles. The third kappa shape index (κ3) is 10.0. The first kappa shape index (κ1) is 25.6. The van der Waals surface area contributed by atoms with E-state index in [0.29, 0.717) is 37.7 Å². The fourth-order valence-corrected chi connectivity index (χ4v) is 4.07. The van der Waals surface area contributed by atoms with Gasteiger partial charge in [-0.1, -0.05) is 30.0 Å². The fraction of sp³-hybridized carbons (Fsp3) is 0.429. The van der Waals surface area contributed by atoms with Crippen LogP contribution in [0.4, 0.5) is 13.2 Å². The summed E-state index contributed by atoms with van der Waals surface area (Å²) in [5, 5.41) is 0. The van der Waals surface area contributed by atoms with Crippen LogP contribution in [0.5, 0.6) is 0 Å². The van der Waals surface area contributed by atoms with E-state index >= 15 is 0 Å². The summed E-state index contributed by atoms with van der Waals surface area (Å²) in [6.07, 6.45) is -1.46. The molecule has 0 amide bonds. The first-order valence-electron chi connectivity index (χ1n) is 9.57. The Morgan fingerprint density at radius 3 is 2.61 bits per heavy atom. The van der Waals surface area contributed by atoms with Crippen molar-refractivity contribution in [1.29, 1.82) is 0 Å². The second kappa shape index (κ2) is 10.8. The summed E-state index contributed by atoms with van der Waals surface area (Å²) in [6.45, 7) is 1.42. The molecule has 10 heteroatoms. The van der Waals surface area contributed by atoms with Crippen molar-refractivity contribution in [3.63, 3.8) is 0 Å². The van der Waals surface area contributed by atoms with Gasteiger partial charge in [0.15, 0.2) is 0 Å². The van der Waals surface area contributed by atoms with Gasteiger partial charge in [-0.3, -0.25) is 4.52 Å². The predicted molar refractivity (Wildman–Crippen MR) is 114 cm³/mol. The van der Waals surface area contributed by atoms with Crippen LogP contribution < -0.4 is 5.73 Å². The number of phosphoric ester groups is 1. The van der Waals surface area contributed by atoms with Gasteiger partial charge >= 0.3 is 14.0 Å². The molecule has 31 heavy (non-hydrogen) atoms. The molecule has 0 aliphatic rings. The number of aryl methyl sites for hydroxylation is 2. The van der Waals surface area contributed by atoms with E-state index in [1.54, 1.807) is 13.0 Å². The van der Waals surface area contributed by atoms with Crippen LogP contribution >= 0.6 is 19.2 Å². The molecule has 2 aromatic rings. The van der Waals surface area contributed by atoms with E-state index in [1.165, 1.54) is 23.5 Å². The molecule has 1 aromatic carbocycles. The second-order valence-electron chi connectivity index (χ2n) is 7.54. The van der Waals surface area contributed by atoms with Crippen molar-refractivity contribution < 1.29 is 32.0 Å². The van der Waals surface area contributed by atoms with Crippen LogP contribution in [-0.2, 0) is 28.1 Å². The van der Waals surface area contributed by atoms with Crippen LogP contribution in [0.1, 0.15) is 47.1 Å². The van der Waals surface area contributed by atoms with E-state index < -0.39 is 25.1 Å². The lowest BCUT2D eigenvalue weighted by atomic mass is 9.98. The van der Waals surface area contributed by atoms with Crippen LogP contribution in [0.15, 0.2) is 36.4 Å². The van der Waals surface area contributed by atoms with E-state index in [0.717, 1.165) is 15.8 Å². The Morgan fingerprint density at radius 2 is 1.94 bits per heavy atom. The van der Waals surface area contributed by atoms with Gasteiger partial charge in [0, 0.05) is 16.8 Å². The number of benzene rings is 1. The number of hydrogen-bond donors (Lipinski definition) is 3. The van der Waals surface area contributed by atoms with Crippen LogP contribution in [0.25, 0.3) is 0 Å². The Bertz CT molecular complexity index is 973.